The highest BCUT2D eigenvalue weighted by Gasteiger charge is 2.06. The van der Waals surface area contributed by atoms with Crippen molar-refractivity contribution in [2.45, 2.75) is 19.4 Å². The number of amides is 1. The fourth-order valence-electron chi connectivity index (χ4n) is 1.76. The number of hydrogen-bond donors (Lipinski definition) is 2. The molecule has 0 radical (unpaired) electrons. The molecule has 0 saturated heterocycles. The number of benzene rings is 1. The van der Waals surface area contributed by atoms with E-state index in [0.717, 1.165) is 5.56 Å². The molecule has 0 spiro atoms. The lowest BCUT2D eigenvalue weighted by Gasteiger charge is -2.12. The fraction of sp³-hybridized carbons (Fsp3) is 0.533. The molecule has 1 aromatic carbocycles. The Labute approximate surface area is 124 Å². The number of halogens is 1. The standard InChI is InChI=1S/C15H23FN2O3/c1-17-15(19)4-3-8-21-14-6-5-13(16)10-12(14)11-18-7-9-20-2/h5-6,10,18H,3-4,7-9,11H2,1-2H3,(H,17,19). The van der Waals surface area contributed by atoms with Crippen LogP contribution in [-0.2, 0) is 16.1 Å². The first-order valence-electron chi connectivity index (χ1n) is 6.99. The highest BCUT2D eigenvalue weighted by Crippen LogP contribution is 2.20. The van der Waals surface area contributed by atoms with Gasteiger partial charge in [0.25, 0.3) is 0 Å². The predicted octanol–water partition coefficient (Wildman–Crippen LogP) is 1.47. The summed E-state index contributed by atoms with van der Waals surface area (Å²) in [6.45, 7) is 2.21. The third-order valence-electron chi connectivity index (χ3n) is 2.91. The Morgan fingerprint density at radius 1 is 1.33 bits per heavy atom. The van der Waals surface area contributed by atoms with Gasteiger partial charge in [-0.2, -0.15) is 0 Å². The van der Waals surface area contributed by atoms with Gasteiger partial charge in [0.05, 0.1) is 13.2 Å². The second-order valence-electron chi connectivity index (χ2n) is 4.55. The Bertz CT molecular complexity index is 441. The second kappa shape index (κ2) is 10.1. The summed E-state index contributed by atoms with van der Waals surface area (Å²) in [7, 11) is 3.23. The SMILES string of the molecule is CNC(=O)CCCOc1ccc(F)cc1CNCCOC. The molecule has 21 heavy (non-hydrogen) atoms. The van der Waals surface area contributed by atoms with Gasteiger partial charge in [-0.1, -0.05) is 0 Å². The van der Waals surface area contributed by atoms with Gasteiger partial charge in [0.2, 0.25) is 5.91 Å². The quantitative estimate of drug-likeness (QED) is 0.642. The van der Waals surface area contributed by atoms with Crippen LogP contribution in [-0.4, -0.2) is 39.8 Å². The highest BCUT2D eigenvalue weighted by molar-refractivity contribution is 5.75. The van der Waals surface area contributed by atoms with E-state index in [1.807, 2.05) is 0 Å². The van der Waals surface area contributed by atoms with Crippen molar-refractivity contribution in [3.63, 3.8) is 0 Å². The second-order valence-corrected chi connectivity index (χ2v) is 4.55. The van der Waals surface area contributed by atoms with Gasteiger partial charge in [-0.25, -0.2) is 4.39 Å². The highest BCUT2D eigenvalue weighted by atomic mass is 19.1. The maximum absolute atomic E-state index is 13.3. The number of ether oxygens (including phenoxy) is 2. The van der Waals surface area contributed by atoms with E-state index in [4.69, 9.17) is 9.47 Å². The van der Waals surface area contributed by atoms with E-state index in [-0.39, 0.29) is 11.7 Å². The smallest absolute Gasteiger partial charge is 0.219 e. The molecule has 0 atom stereocenters. The van der Waals surface area contributed by atoms with E-state index < -0.39 is 0 Å². The summed E-state index contributed by atoms with van der Waals surface area (Å²) >= 11 is 0. The summed E-state index contributed by atoms with van der Waals surface area (Å²) in [6, 6.07) is 4.43. The lowest BCUT2D eigenvalue weighted by atomic mass is 10.2. The largest absolute Gasteiger partial charge is 0.493 e. The van der Waals surface area contributed by atoms with Gasteiger partial charge in [0.15, 0.2) is 0 Å². The minimum atomic E-state index is -0.295. The third kappa shape index (κ3) is 7.06. The lowest BCUT2D eigenvalue weighted by molar-refractivity contribution is -0.120. The Balaban J connectivity index is 2.46. The van der Waals surface area contributed by atoms with Crippen molar-refractivity contribution in [2.24, 2.45) is 0 Å². The Morgan fingerprint density at radius 2 is 2.14 bits per heavy atom. The number of carbonyl (C=O) groups is 1. The van der Waals surface area contributed by atoms with Crippen molar-refractivity contribution in [2.75, 3.05) is 33.9 Å². The van der Waals surface area contributed by atoms with E-state index >= 15 is 0 Å². The summed E-state index contributed by atoms with van der Waals surface area (Å²) < 4.78 is 23.9. The van der Waals surface area contributed by atoms with Crippen LogP contribution in [0.15, 0.2) is 18.2 Å². The van der Waals surface area contributed by atoms with Crippen LogP contribution in [0, 0.1) is 5.82 Å². The van der Waals surface area contributed by atoms with Gasteiger partial charge in [-0.3, -0.25) is 4.79 Å². The molecule has 0 unspecified atom stereocenters. The van der Waals surface area contributed by atoms with E-state index in [1.165, 1.54) is 12.1 Å². The average Bonchev–Trinajstić information content (AvgIpc) is 2.49. The summed E-state index contributed by atoms with van der Waals surface area (Å²) in [5, 5.41) is 5.71. The van der Waals surface area contributed by atoms with Gasteiger partial charge in [0, 0.05) is 39.2 Å². The maximum atomic E-state index is 13.3. The Morgan fingerprint density at radius 3 is 2.86 bits per heavy atom. The monoisotopic (exact) mass is 298 g/mol. The van der Waals surface area contributed by atoms with E-state index in [2.05, 4.69) is 10.6 Å². The molecule has 1 rings (SSSR count). The van der Waals surface area contributed by atoms with Gasteiger partial charge < -0.3 is 20.1 Å². The van der Waals surface area contributed by atoms with E-state index in [9.17, 15) is 9.18 Å². The molecule has 0 bridgehead atoms. The van der Waals surface area contributed by atoms with Gasteiger partial charge >= 0.3 is 0 Å². The fourth-order valence-corrected chi connectivity index (χ4v) is 1.76. The molecule has 0 fully saturated rings. The molecular formula is C15H23FN2O3. The molecule has 2 N–H and O–H groups in total. The summed E-state index contributed by atoms with van der Waals surface area (Å²) in [6.07, 6.45) is 1.03. The number of nitrogens with one attached hydrogen (secondary N) is 2. The zero-order valence-electron chi connectivity index (χ0n) is 12.6. The van der Waals surface area contributed by atoms with Crippen LogP contribution < -0.4 is 15.4 Å². The molecule has 6 heteroatoms. The van der Waals surface area contributed by atoms with Gasteiger partial charge in [-0.15, -0.1) is 0 Å². The molecule has 0 aliphatic rings. The minimum Gasteiger partial charge on any atom is -0.493 e. The van der Waals surface area contributed by atoms with Crippen LogP contribution in [0.3, 0.4) is 0 Å². The molecule has 0 aliphatic heterocycles. The summed E-state index contributed by atoms with van der Waals surface area (Å²) in [5.41, 5.74) is 0.756. The van der Waals surface area contributed by atoms with Crippen molar-refractivity contribution in [1.82, 2.24) is 10.6 Å². The normalized spacial score (nSPS) is 10.4. The van der Waals surface area contributed by atoms with E-state index in [0.29, 0.717) is 44.9 Å². The van der Waals surface area contributed by atoms with Crippen LogP contribution in [0.25, 0.3) is 0 Å². The molecular weight excluding hydrogens is 275 g/mol. The van der Waals surface area contributed by atoms with Crippen LogP contribution in [0.5, 0.6) is 5.75 Å². The number of carbonyl (C=O) groups excluding carboxylic acids is 1. The minimum absolute atomic E-state index is 0.0147. The topological polar surface area (TPSA) is 59.6 Å². The molecule has 118 valence electrons. The first-order valence-corrected chi connectivity index (χ1v) is 6.99. The molecule has 0 heterocycles. The van der Waals surface area contributed by atoms with Crippen LogP contribution in [0.1, 0.15) is 18.4 Å². The third-order valence-corrected chi connectivity index (χ3v) is 2.91. The van der Waals surface area contributed by atoms with Crippen molar-refractivity contribution < 1.29 is 18.7 Å². The molecule has 0 aliphatic carbocycles. The van der Waals surface area contributed by atoms with Gasteiger partial charge in [0.1, 0.15) is 11.6 Å². The van der Waals surface area contributed by atoms with Crippen molar-refractivity contribution in [3.05, 3.63) is 29.6 Å². The lowest BCUT2D eigenvalue weighted by Crippen LogP contribution is -2.19. The molecule has 0 saturated carbocycles. The zero-order chi connectivity index (χ0) is 15.5. The first kappa shape index (κ1) is 17.4. The number of methoxy groups -OCH3 is 1. The van der Waals surface area contributed by atoms with Crippen molar-refractivity contribution in [1.29, 1.82) is 0 Å². The Kier molecular flexibility index (Phi) is 8.38. The van der Waals surface area contributed by atoms with Crippen LogP contribution in [0.4, 0.5) is 4.39 Å². The summed E-state index contributed by atoms with van der Waals surface area (Å²) in [5.74, 6) is 0.327. The van der Waals surface area contributed by atoms with Crippen molar-refractivity contribution in [3.8, 4) is 5.75 Å². The number of hydrogen-bond acceptors (Lipinski definition) is 4. The average molecular weight is 298 g/mol. The number of rotatable bonds is 10. The van der Waals surface area contributed by atoms with Crippen LogP contribution >= 0.6 is 0 Å². The predicted molar refractivity (Wildman–Crippen MR) is 78.8 cm³/mol. The molecule has 5 nitrogen and oxygen atoms in total. The first-order chi connectivity index (χ1) is 10.2. The molecule has 1 amide bonds. The van der Waals surface area contributed by atoms with E-state index in [1.54, 1.807) is 20.2 Å². The van der Waals surface area contributed by atoms with Crippen molar-refractivity contribution >= 4 is 5.91 Å². The van der Waals surface area contributed by atoms with Crippen LogP contribution in [0.2, 0.25) is 0 Å². The zero-order valence-corrected chi connectivity index (χ0v) is 12.6. The maximum Gasteiger partial charge on any atom is 0.219 e. The molecule has 1 aromatic rings. The Hall–Kier alpha value is -1.66. The molecule has 0 aromatic heterocycles. The summed E-state index contributed by atoms with van der Waals surface area (Å²) in [4.78, 5) is 11.1. The van der Waals surface area contributed by atoms with Gasteiger partial charge in [-0.05, 0) is 24.6 Å².